The third-order valence-corrected chi connectivity index (χ3v) is 5.11. The highest BCUT2D eigenvalue weighted by Crippen LogP contribution is 2.24. The van der Waals surface area contributed by atoms with Gasteiger partial charge in [0.1, 0.15) is 0 Å². The van der Waals surface area contributed by atoms with Crippen molar-refractivity contribution in [1.29, 1.82) is 0 Å². The first-order valence-corrected chi connectivity index (χ1v) is 10.7. The monoisotopic (exact) mass is 411 g/mol. The zero-order chi connectivity index (χ0) is 22.1. The second-order valence-electron chi connectivity index (χ2n) is 8.24. The topological polar surface area (TPSA) is 86.6 Å². The fourth-order valence-corrected chi connectivity index (χ4v) is 3.43. The van der Waals surface area contributed by atoms with Crippen molar-refractivity contribution < 1.29 is 19.8 Å². The van der Waals surface area contributed by atoms with E-state index < -0.39 is 12.2 Å². The molecule has 0 aromatic heterocycles. The summed E-state index contributed by atoms with van der Waals surface area (Å²) >= 11 is 0. The van der Waals surface area contributed by atoms with Crippen LogP contribution in [-0.4, -0.2) is 28.2 Å². The van der Waals surface area contributed by atoms with Gasteiger partial charge in [0.25, 0.3) is 0 Å². The first-order chi connectivity index (χ1) is 14.3. The number of carbonyl (C=O) groups is 2. The van der Waals surface area contributed by atoms with Crippen molar-refractivity contribution in [3.05, 3.63) is 54.1 Å². The van der Waals surface area contributed by atoms with Crippen LogP contribution in [0.3, 0.4) is 0 Å². The van der Waals surface area contributed by atoms with Crippen LogP contribution in [-0.2, 0) is 4.79 Å². The number of hydrogen-bond donors (Lipinski definition) is 3. The van der Waals surface area contributed by atoms with E-state index in [2.05, 4.69) is 12.2 Å². The van der Waals surface area contributed by atoms with Crippen molar-refractivity contribution >= 4 is 17.4 Å². The minimum absolute atomic E-state index is 0.0243. The van der Waals surface area contributed by atoms with E-state index in [1.165, 1.54) is 0 Å². The Morgan fingerprint density at radius 3 is 2.00 bits per heavy atom. The number of ketones is 1. The van der Waals surface area contributed by atoms with Gasteiger partial charge in [-0.25, -0.2) is 0 Å². The van der Waals surface area contributed by atoms with Gasteiger partial charge in [0, 0.05) is 30.0 Å². The number of unbranched alkanes of at least 4 members (excludes halogenated alkanes) is 1. The molecule has 0 aliphatic carbocycles. The Labute approximate surface area is 179 Å². The summed E-state index contributed by atoms with van der Waals surface area (Å²) in [5, 5.41) is 22.0. The molecule has 0 radical (unpaired) electrons. The van der Waals surface area contributed by atoms with E-state index in [9.17, 15) is 19.8 Å². The molecule has 1 amide bonds. The molecule has 2 aromatic rings. The molecule has 0 aliphatic rings. The minimum atomic E-state index is -1.49. The third kappa shape index (κ3) is 7.39. The van der Waals surface area contributed by atoms with Crippen LogP contribution in [0.5, 0.6) is 0 Å². The van der Waals surface area contributed by atoms with Gasteiger partial charge in [-0.2, -0.15) is 0 Å². The van der Waals surface area contributed by atoms with Gasteiger partial charge in [-0.05, 0) is 42.0 Å². The summed E-state index contributed by atoms with van der Waals surface area (Å²) in [4.78, 5) is 24.4. The molecule has 5 heteroatoms. The number of benzene rings is 2. The molecule has 0 heterocycles. The molecule has 5 nitrogen and oxygen atoms in total. The SMILES string of the molecule is CCCCC(=O)Nc1ccc(-c2ccc(C(=O)CC(CC(C)C)C(O)O)cc2)cc1. The molecule has 1 atom stereocenters. The van der Waals surface area contributed by atoms with Crippen molar-refractivity contribution in [2.75, 3.05) is 5.32 Å². The van der Waals surface area contributed by atoms with Crippen LogP contribution in [0.15, 0.2) is 48.5 Å². The molecule has 30 heavy (non-hydrogen) atoms. The predicted octanol–water partition coefficient (Wildman–Crippen LogP) is 5.03. The minimum Gasteiger partial charge on any atom is -0.368 e. The van der Waals surface area contributed by atoms with Crippen LogP contribution in [0.25, 0.3) is 11.1 Å². The summed E-state index contributed by atoms with van der Waals surface area (Å²) in [6.07, 6.45) is 1.61. The molecule has 0 aliphatic heterocycles. The highest BCUT2D eigenvalue weighted by molar-refractivity contribution is 5.96. The number of anilines is 1. The quantitative estimate of drug-likeness (QED) is 0.358. The number of amides is 1. The number of Topliss-reactive ketones (excluding diaryl/α,β-unsaturated/α-hetero) is 1. The van der Waals surface area contributed by atoms with Crippen molar-refractivity contribution in [3.63, 3.8) is 0 Å². The van der Waals surface area contributed by atoms with Crippen LogP contribution in [0.2, 0.25) is 0 Å². The van der Waals surface area contributed by atoms with E-state index in [1.807, 2.05) is 50.2 Å². The number of hydrogen-bond acceptors (Lipinski definition) is 4. The van der Waals surface area contributed by atoms with Gasteiger partial charge in [0.2, 0.25) is 5.91 Å². The molecule has 162 valence electrons. The molecule has 0 saturated carbocycles. The van der Waals surface area contributed by atoms with Crippen LogP contribution in [0.1, 0.15) is 63.2 Å². The normalized spacial score (nSPS) is 12.2. The first kappa shape index (κ1) is 23.8. The largest absolute Gasteiger partial charge is 0.368 e. The van der Waals surface area contributed by atoms with E-state index in [1.54, 1.807) is 12.1 Å². The van der Waals surface area contributed by atoms with Crippen molar-refractivity contribution in [2.45, 2.75) is 59.2 Å². The number of aliphatic hydroxyl groups excluding tert-OH is 1. The molecule has 1 unspecified atom stereocenters. The summed E-state index contributed by atoms with van der Waals surface area (Å²) in [6, 6.07) is 14.9. The number of carbonyl (C=O) groups excluding carboxylic acids is 2. The molecule has 0 spiro atoms. The molecule has 0 fully saturated rings. The molecule has 0 saturated heterocycles. The first-order valence-electron chi connectivity index (χ1n) is 10.7. The Morgan fingerprint density at radius 1 is 0.933 bits per heavy atom. The summed E-state index contributed by atoms with van der Waals surface area (Å²) < 4.78 is 0. The Balaban J connectivity index is 2.01. The Morgan fingerprint density at radius 2 is 1.50 bits per heavy atom. The number of nitrogens with one attached hydrogen (secondary N) is 1. The van der Waals surface area contributed by atoms with Gasteiger partial charge in [0.15, 0.2) is 12.1 Å². The van der Waals surface area contributed by atoms with Crippen LogP contribution in [0.4, 0.5) is 5.69 Å². The van der Waals surface area contributed by atoms with Gasteiger partial charge in [0.05, 0.1) is 0 Å². The highest BCUT2D eigenvalue weighted by Gasteiger charge is 2.22. The fraction of sp³-hybridized carbons (Fsp3) is 0.440. The zero-order valence-electron chi connectivity index (χ0n) is 18.1. The van der Waals surface area contributed by atoms with Crippen LogP contribution in [0, 0.1) is 11.8 Å². The van der Waals surface area contributed by atoms with E-state index in [0.717, 1.165) is 29.7 Å². The Kier molecular flexibility index (Phi) is 9.21. The third-order valence-electron chi connectivity index (χ3n) is 5.11. The van der Waals surface area contributed by atoms with Gasteiger partial charge in [-0.15, -0.1) is 0 Å². The smallest absolute Gasteiger partial charge is 0.224 e. The van der Waals surface area contributed by atoms with Crippen molar-refractivity contribution in [1.82, 2.24) is 0 Å². The molecule has 2 aromatic carbocycles. The number of aliphatic hydroxyl groups is 2. The second-order valence-corrected chi connectivity index (χ2v) is 8.24. The predicted molar refractivity (Wildman–Crippen MR) is 120 cm³/mol. The van der Waals surface area contributed by atoms with E-state index >= 15 is 0 Å². The maximum absolute atomic E-state index is 12.5. The standard InChI is InChI=1S/C25H33NO4/c1-4-5-6-24(28)26-22-13-11-19(12-14-22)18-7-9-20(10-8-18)23(27)16-21(25(29)30)15-17(2)3/h7-14,17,21,25,29-30H,4-6,15-16H2,1-3H3,(H,26,28). The molecule has 2 rings (SSSR count). The summed E-state index contributed by atoms with van der Waals surface area (Å²) in [7, 11) is 0. The van der Waals surface area contributed by atoms with Crippen molar-refractivity contribution in [3.8, 4) is 11.1 Å². The van der Waals surface area contributed by atoms with Crippen molar-refractivity contribution in [2.24, 2.45) is 11.8 Å². The summed E-state index contributed by atoms with van der Waals surface area (Å²) in [5.74, 6) is -0.245. The summed E-state index contributed by atoms with van der Waals surface area (Å²) in [6.45, 7) is 6.05. The van der Waals surface area contributed by atoms with Crippen LogP contribution < -0.4 is 5.32 Å². The molecule has 0 bridgehead atoms. The molecule has 3 N–H and O–H groups in total. The zero-order valence-corrected chi connectivity index (χ0v) is 18.1. The highest BCUT2D eigenvalue weighted by atomic mass is 16.5. The molecular formula is C25H33NO4. The lowest BCUT2D eigenvalue weighted by Gasteiger charge is -2.20. The molecular weight excluding hydrogens is 378 g/mol. The van der Waals surface area contributed by atoms with Gasteiger partial charge in [-0.1, -0.05) is 63.6 Å². The lowest BCUT2D eigenvalue weighted by atomic mass is 9.90. The van der Waals surface area contributed by atoms with E-state index in [4.69, 9.17) is 0 Å². The Hall–Kier alpha value is -2.50. The van der Waals surface area contributed by atoms with Gasteiger partial charge < -0.3 is 15.5 Å². The fourth-order valence-electron chi connectivity index (χ4n) is 3.43. The maximum atomic E-state index is 12.5. The van der Waals surface area contributed by atoms with Gasteiger partial charge >= 0.3 is 0 Å². The lowest BCUT2D eigenvalue weighted by Crippen LogP contribution is -2.24. The summed E-state index contributed by atoms with van der Waals surface area (Å²) in [5.41, 5.74) is 3.29. The lowest BCUT2D eigenvalue weighted by molar-refractivity contribution is -0.116. The van der Waals surface area contributed by atoms with E-state index in [0.29, 0.717) is 18.4 Å². The maximum Gasteiger partial charge on any atom is 0.224 e. The van der Waals surface area contributed by atoms with E-state index in [-0.39, 0.29) is 24.0 Å². The number of rotatable bonds is 11. The van der Waals surface area contributed by atoms with Crippen LogP contribution >= 0.6 is 0 Å². The average molecular weight is 412 g/mol. The average Bonchev–Trinajstić information content (AvgIpc) is 2.72. The Bertz CT molecular complexity index is 810. The van der Waals surface area contributed by atoms with Gasteiger partial charge in [-0.3, -0.25) is 9.59 Å². The second kappa shape index (κ2) is 11.6.